The molecule has 0 spiro atoms. The molecule has 5 aliphatic rings. The zero-order valence-corrected chi connectivity index (χ0v) is 21.3. The number of phosphoric acid groups is 1. The van der Waals surface area contributed by atoms with E-state index in [-0.39, 0.29) is 30.0 Å². The molecule has 1 heterocycles. The number of hydrogen-bond donors (Lipinski definition) is 3. The van der Waals surface area contributed by atoms with Gasteiger partial charge in [0.1, 0.15) is 6.61 Å². The van der Waals surface area contributed by atoms with Crippen LogP contribution in [0.4, 0.5) is 0 Å². The number of ketones is 2. The largest absolute Gasteiger partial charge is 0.470 e. The van der Waals surface area contributed by atoms with Gasteiger partial charge in [0.25, 0.3) is 0 Å². The summed E-state index contributed by atoms with van der Waals surface area (Å²) >= 11 is 0. The maximum absolute atomic E-state index is 13.7. The number of fused-ring (bicyclic) bond motifs is 7. The van der Waals surface area contributed by atoms with Gasteiger partial charge in [0.05, 0.1) is 12.2 Å². The van der Waals surface area contributed by atoms with Crippen molar-refractivity contribution in [1.29, 1.82) is 0 Å². The van der Waals surface area contributed by atoms with E-state index in [4.69, 9.17) is 9.47 Å². The molecule has 1 aliphatic heterocycles. The average Bonchev–Trinajstić information content (AvgIpc) is 3.24. The highest BCUT2D eigenvalue weighted by atomic mass is 31.2. The van der Waals surface area contributed by atoms with Crippen molar-refractivity contribution in [3.63, 3.8) is 0 Å². The molecular weight excluding hydrogens is 475 g/mol. The summed E-state index contributed by atoms with van der Waals surface area (Å²) in [6.45, 7) is 5.24. The zero-order valence-electron chi connectivity index (χ0n) is 20.4. The van der Waals surface area contributed by atoms with Crippen LogP contribution in [0.3, 0.4) is 0 Å². The molecule has 194 valence electrons. The van der Waals surface area contributed by atoms with Crippen LogP contribution in [0.15, 0.2) is 23.8 Å². The lowest BCUT2D eigenvalue weighted by molar-refractivity contribution is -0.200. The summed E-state index contributed by atoms with van der Waals surface area (Å²) in [5.41, 5.74) is -1.65. The number of carbonyl (C=O) groups is 2. The van der Waals surface area contributed by atoms with Crippen molar-refractivity contribution in [3.05, 3.63) is 23.8 Å². The predicted molar refractivity (Wildman–Crippen MR) is 124 cm³/mol. The van der Waals surface area contributed by atoms with Crippen LogP contribution in [-0.2, 0) is 28.2 Å². The number of phosphoric ester groups is 1. The van der Waals surface area contributed by atoms with Crippen LogP contribution in [0, 0.1) is 28.6 Å². The van der Waals surface area contributed by atoms with Crippen LogP contribution in [0.1, 0.15) is 59.3 Å². The van der Waals surface area contributed by atoms with E-state index in [1.165, 1.54) is 0 Å². The minimum atomic E-state index is -4.86. The Morgan fingerprint density at radius 3 is 2.74 bits per heavy atom. The van der Waals surface area contributed by atoms with E-state index in [1.807, 2.05) is 19.9 Å². The van der Waals surface area contributed by atoms with Gasteiger partial charge >= 0.3 is 7.82 Å². The van der Waals surface area contributed by atoms with E-state index in [1.54, 1.807) is 12.2 Å². The normalized spacial score (nSPS) is 46.5. The Balaban J connectivity index is 1.53. The van der Waals surface area contributed by atoms with Gasteiger partial charge in [-0.2, -0.15) is 0 Å². The molecule has 3 saturated carbocycles. The molecule has 0 amide bonds. The first kappa shape index (κ1) is 25.5. The third-order valence-electron chi connectivity index (χ3n) is 9.59. The molecule has 4 fully saturated rings. The Hall–Kier alpha value is -1.19. The van der Waals surface area contributed by atoms with Crippen molar-refractivity contribution in [2.75, 3.05) is 6.61 Å². The SMILES string of the molecule is CCCC1O[C@@H]2CC3C4CCC5=CC(=O)C=C[C@]5(C)C4C(O)C[C@]3(C)[C@]2(C(=O)COP(=O)(O)O)O1. The second-order valence-electron chi connectivity index (χ2n) is 11.3. The topological polar surface area (TPSA) is 140 Å². The lowest BCUT2D eigenvalue weighted by atomic mass is 9.46. The van der Waals surface area contributed by atoms with E-state index in [0.717, 1.165) is 24.8 Å². The molecule has 5 rings (SSSR count). The van der Waals surface area contributed by atoms with Gasteiger partial charge in [0.15, 0.2) is 23.5 Å². The minimum absolute atomic E-state index is 0.00751. The summed E-state index contributed by atoms with van der Waals surface area (Å²) in [5, 5.41) is 11.6. The maximum Gasteiger partial charge on any atom is 0.470 e. The summed E-state index contributed by atoms with van der Waals surface area (Å²) in [7, 11) is -4.86. The van der Waals surface area contributed by atoms with Crippen LogP contribution < -0.4 is 0 Å². The molecule has 35 heavy (non-hydrogen) atoms. The highest BCUT2D eigenvalue weighted by Gasteiger charge is 2.75. The Bertz CT molecular complexity index is 1030. The smallest absolute Gasteiger partial charge is 0.393 e. The Kier molecular flexibility index (Phi) is 6.12. The van der Waals surface area contributed by atoms with Crippen LogP contribution in [0.2, 0.25) is 0 Å². The van der Waals surface area contributed by atoms with E-state index in [2.05, 4.69) is 11.4 Å². The lowest BCUT2D eigenvalue weighted by Gasteiger charge is -2.59. The molecule has 10 heteroatoms. The number of aliphatic hydroxyl groups is 1. The van der Waals surface area contributed by atoms with Gasteiger partial charge < -0.3 is 24.4 Å². The highest BCUT2D eigenvalue weighted by molar-refractivity contribution is 7.46. The number of rotatable bonds is 6. The van der Waals surface area contributed by atoms with Gasteiger partial charge in [0, 0.05) is 16.7 Å². The fraction of sp³-hybridized carbons (Fsp3) is 0.760. The summed E-state index contributed by atoms with van der Waals surface area (Å²) in [6.07, 6.45) is 7.01. The van der Waals surface area contributed by atoms with Gasteiger partial charge in [-0.1, -0.05) is 38.8 Å². The predicted octanol–water partition coefficient (Wildman–Crippen LogP) is 2.83. The summed E-state index contributed by atoms with van der Waals surface area (Å²) in [4.78, 5) is 44.2. The van der Waals surface area contributed by atoms with Gasteiger partial charge in [-0.05, 0) is 56.1 Å². The Morgan fingerprint density at radius 1 is 1.31 bits per heavy atom. The molecule has 1 saturated heterocycles. The molecule has 0 aromatic heterocycles. The molecule has 0 bridgehead atoms. The number of allylic oxidation sites excluding steroid dienone is 4. The summed E-state index contributed by atoms with van der Waals surface area (Å²) in [5.74, 6) is -0.634. The van der Waals surface area contributed by atoms with E-state index in [0.29, 0.717) is 12.8 Å². The monoisotopic (exact) mass is 510 g/mol. The van der Waals surface area contributed by atoms with Crippen molar-refractivity contribution < 1.29 is 43.0 Å². The molecule has 0 aromatic rings. The first-order valence-electron chi connectivity index (χ1n) is 12.5. The van der Waals surface area contributed by atoms with E-state index in [9.17, 15) is 29.0 Å². The Labute approximate surface area is 205 Å². The van der Waals surface area contributed by atoms with Gasteiger partial charge in [-0.3, -0.25) is 14.1 Å². The van der Waals surface area contributed by atoms with Crippen molar-refractivity contribution in [2.45, 2.75) is 83.4 Å². The zero-order chi connectivity index (χ0) is 25.4. The third kappa shape index (κ3) is 3.69. The molecular formula is C25H35O9P. The van der Waals surface area contributed by atoms with Gasteiger partial charge in [-0.25, -0.2) is 4.57 Å². The number of ether oxygens (including phenoxy) is 2. The first-order valence-corrected chi connectivity index (χ1v) is 14.1. The lowest BCUT2D eigenvalue weighted by Crippen LogP contribution is -2.63. The van der Waals surface area contributed by atoms with Crippen LogP contribution >= 0.6 is 7.82 Å². The number of carbonyl (C=O) groups excluding carboxylic acids is 2. The second kappa shape index (κ2) is 8.42. The quantitative estimate of drug-likeness (QED) is 0.460. The number of aliphatic hydroxyl groups excluding tert-OH is 1. The van der Waals surface area contributed by atoms with Crippen molar-refractivity contribution in [2.24, 2.45) is 28.6 Å². The van der Waals surface area contributed by atoms with Crippen LogP contribution in [0.5, 0.6) is 0 Å². The van der Waals surface area contributed by atoms with Crippen LogP contribution in [0.25, 0.3) is 0 Å². The van der Waals surface area contributed by atoms with Crippen molar-refractivity contribution in [3.8, 4) is 0 Å². The standard InChI is InChI=1S/C25H35O9P/c1-4-5-21-33-20-11-17-16-7-6-14-10-15(26)8-9-23(14,2)22(16)18(27)12-24(17,3)25(20,34-21)19(28)13-32-35(29,30)31/h8-10,16-18,20-22,27H,4-7,11-13H2,1-3H3,(H2,29,30,31)/t16?,17?,18?,20-,21?,22?,23+,24+,25-/m1/s1. The van der Waals surface area contributed by atoms with Gasteiger partial charge in [-0.15, -0.1) is 0 Å². The molecule has 9 atom stereocenters. The third-order valence-corrected chi connectivity index (χ3v) is 10.1. The Morgan fingerprint density at radius 2 is 2.06 bits per heavy atom. The summed E-state index contributed by atoms with van der Waals surface area (Å²) < 4.78 is 28.7. The molecule has 9 nitrogen and oxygen atoms in total. The van der Waals surface area contributed by atoms with Gasteiger partial charge in [0.2, 0.25) is 0 Å². The number of Topliss-reactive ketones (excluding diaryl/α,β-unsaturated/α-hetero) is 1. The number of hydrogen-bond acceptors (Lipinski definition) is 7. The van der Waals surface area contributed by atoms with Crippen molar-refractivity contribution in [1.82, 2.24) is 0 Å². The van der Waals surface area contributed by atoms with E-state index < -0.39 is 55.1 Å². The fourth-order valence-corrected chi connectivity index (χ4v) is 8.54. The van der Waals surface area contributed by atoms with E-state index >= 15 is 0 Å². The molecule has 3 N–H and O–H groups in total. The molecule has 0 aromatic carbocycles. The first-order chi connectivity index (χ1) is 16.4. The fourth-order valence-electron chi connectivity index (χ4n) is 8.26. The highest BCUT2D eigenvalue weighted by Crippen LogP contribution is 2.69. The maximum atomic E-state index is 13.7. The molecule has 0 radical (unpaired) electrons. The minimum Gasteiger partial charge on any atom is -0.393 e. The summed E-state index contributed by atoms with van der Waals surface area (Å²) in [6, 6.07) is 0. The molecule has 5 unspecified atom stereocenters. The molecule has 4 aliphatic carbocycles. The van der Waals surface area contributed by atoms with Crippen LogP contribution in [-0.4, -0.2) is 57.2 Å². The van der Waals surface area contributed by atoms with Crippen molar-refractivity contribution >= 4 is 19.4 Å². The second-order valence-corrected chi connectivity index (χ2v) is 12.6. The average molecular weight is 511 g/mol.